The van der Waals surface area contributed by atoms with Crippen LogP contribution in [0.2, 0.25) is 5.02 Å². The van der Waals surface area contributed by atoms with Crippen LogP contribution in [0.25, 0.3) is 5.65 Å². The van der Waals surface area contributed by atoms with E-state index in [1.54, 1.807) is 12.3 Å². The summed E-state index contributed by atoms with van der Waals surface area (Å²) in [6.07, 6.45) is 7.80. The van der Waals surface area contributed by atoms with Crippen LogP contribution in [0.15, 0.2) is 42.9 Å². The van der Waals surface area contributed by atoms with Crippen LogP contribution in [0.4, 0.5) is 5.95 Å². The third-order valence-corrected chi connectivity index (χ3v) is 5.16. The topological polar surface area (TPSA) is 75.4 Å². The van der Waals surface area contributed by atoms with E-state index in [9.17, 15) is 4.79 Å². The van der Waals surface area contributed by atoms with Gasteiger partial charge in [0.15, 0.2) is 5.65 Å². The first kappa shape index (κ1) is 17.7. The van der Waals surface area contributed by atoms with Gasteiger partial charge in [-0.2, -0.15) is 0 Å². The van der Waals surface area contributed by atoms with Crippen molar-refractivity contribution in [1.82, 2.24) is 24.9 Å². The summed E-state index contributed by atoms with van der Waals surface area (Å²) >= 11 is 6.09. The first-order valence-electron chi connectivity index (χ1n) is 9.12. The fourth-order valence-corrected chi connectivity index (χ4v) is 3.59. The van der Waals surface area contributed by atoms with Gasteiger partial charge in [0, 0.05) is 44.1 Å². The van der Waals surface area contributed by atoms with Crippen molar-refractivity contribution in [3.8, 4) is 0 Å². The molecule has 0 radical (unpaired) electrons. The molecule has 4 heterocycles. The molecule has 0 saturated carbocycles. The predicted octanol–water partition coefficient (Wildman–Crippen LogP) is 2.35. The molecule has 0 unspecified atom stereocenters. The van der Waals surface area contributed by atoms with Crippen molar-refractivity contribution >= 4 is 29.1 Å². The van der Waals surface area contributed by atoms with Crippen molar-refractivity contribution in [3.05, 3.63) is 53.4 Å². The second-order valence-electron chi connectivity index (χ2n) is 6.74. The smallest absolute Gasteiger partial charge is 0.231 e. The molecule has 4 rings (SSSR count). The van der Waals surface area contributed by atoms with Crippen LogP contribution >= 0.6 is 11.6 Å². The Morgan fingerprint density at radius 1 is 1.22 bits per heavy atom. The lowest BCUT2D eigenvalue weighted by Gasteiger charge is -2.31. The molecule has 0 aliphatic carbocycles. The summed E-state index contributed by atoms with van der Waals surface area (Å²) in [5.74, 6) is 0.952. The second kappa shape index (κ2) is 7.92. The van der Waals surface area contributed by atoms with E-state index >= 15 is 0 Å². The molecule has 27 heavy (non-hydrogen) atoms. The Kier molecular flexibility index (Phi) is 5.20. The summed E-state index contributed by atoms with van der Waals surface area (Å²) in [6, 6.07) is 7.58. The van der Waals surface area contributed by atoms with Gasteiger partial charge in [-0.25, -0.2) is 0 Å². The van der Waals surface area contributed by atoms with E-state index in [0.29, 0.717) is 11.6 Å². The van der Waals surface area contributed by atoms with Gasteiger partial charge in [0.05, 0.1) is 5.02 Å². The van der Waals surface area contributed by atoms with Crippen LogP contribution in [-0.4, -0.2) is 45.1 Å². The van der Waals surface area contributed by atoms with Crippen LogP contribution in [-0.2, 0) is 11.2 Å². The van der Waals surface area contributed by atoms with E-state index in [1.165, 1.54) is 0 Å². The minimum absolute atomic E-state index is 0.0397. The Balaban J connectivity index is 1.30. The maximum atomic E-state index is 12.4. The number of halogens is 1. The van der Waals surface area contributed by atoms with Crippen molar-refractivity contribution in [3.63, 3.8) is 0 Å². The van der Waals surface area contributed by atoms with Gasteiger partial charge in [0.2, 0.25) is 11.9 Å². The van der Waals surface area contributed by atoms with E-state index in [4.69, 9.17) is 11.6 Å². The molecule has 1 fully saturated rings. The van der Waals surface area contributed by atoms with Gasteiger partial charge in [-0.3, -0.25) is 14.2 Å². The van der Waals surface area contributed by atoms with E-state index in [1.807, 2.05) is 35.0 Å². The number of fused-ring (bicyclic) bond motifs is 1. The number of nitrogens with zero attached hydrogens (tertiary/aromatic N) is 5. The highest BCUT2D eigenvalue weighted by Gasteiger charge is 2.26. The zero-order valence-electron chi connectivity index (χ0n) is 14.9. The van der Waals surface area contributed by atoms with Gasteiger partial charge in [0.1, 0.15) is 0 Å². The minimum atomic E-state index is 0.0397. The Hall–Kier alpha value is -2.67. The molecule has 0 spiro atoms. The van der Waals surface area contributed by atoms with Crippen molar-refractivity contribution in [1.29, 1.82) is 0 Å². The van der Waals surface area contributed by atoms with Crippen LogP contribution in [0.1, 0.15) is 18.4 Å². The Bertz CT molecular complexity index is 920. The molecular formula is C19H21ClN6O. The fourth-order valence-electron chi connectivity index (χ4n) is 3.43. The first-order chi connectivity index (χ1) is 13.2. The molecule has 1 aliphatic rings. The van der Waals surface area contributed by atoms with Gasteiger partial charge in [0.25, 0.3) is 0 Å². The molecule has 8 heteroatoms. The number of piperidine rings is 1. The molecule has 1 saturated heterocycles. The van der Waals surface area contributed by atoms with Crippen molar-refractivity contribution < 1.29 is 4.79 Å². The zero-order chi connectivity index (χ0) is 18.6. The van der Waals surface area contributed by atoms with Crippen molar-refractivity contribution in [2.75, 3.05) is 24.5 Å². The highest BCUT2D eigenvalue weighted by atomic mass is 35.5. The van der Waals surface area contributed by atoms with Crippen molar-refractivity contribution in [2.45, 2.75) is 19.3 Å². The summed E-state index contributed by atoms with van der Waals surface area (Å²) < 4.78 is 1.90. The number of hydrogen-bond acceptors (Lipinski definition) is 5. The molecule has 3 aromatic heterocycles. The van der Waals surface area contributed by atoms with E-state index in [2.05, 4.69) is 25.4 Å². The molecular weight excluding hydrogens is 364 g/mol. The summed E-state index contributed by atoms with van der Waals surface area (Å²) in [7, 11) is 0. The number of nitrogens with one attached hydrogen (secondary N) is 1. The quantitative estimate of drug-likeness (QED) is 0.730. The van der Waals surface area contributed by atoms with Gasteiger partial charge < -0.3 is 10.2 Å². The standard InChI is InChI=1S/C19H21ClN6O/c20-16-3-4-17-23-24-19(26(17)13-16)25-10-6-15(7-11-25)18(27)22-9-5-14-2-1-8-21-12-14/h1-4,8,12-13,15H,5-7,9-11H2,(H,22,27). The van der Waals surface area contributed by atoms with E-state index < -0.39 is 0 Å². The fraction of sp³-hybridized carbons (Fsp3) is 0.368. The summed E-state index contributed by atoms with van der Waals surface area (Å²) in [5.41, 5.74) is 1.90. The molecule has 1 N–H and O–H groups in total. The summed E-state index contributed by atoms with van der Waals surface area (Å²) in [5, 5.41) is 12.2. The van der Waals surface area contributed by atoms with E-state index in [0.717, 1.165) is 49.5 Å². The molecule has 7 nitrogen and oxygen atoms in total. The maximum Gasteiger partial charge on any atom is 0.231 e. The number of rotatable bonds is 5. The normalized spacial score (nSPS) is 15.2. The molecule has 0 atom stereocenters. The van der Waals surface area contributed by atoms with Crippen LogP contribution in [0.5, 0.6) is 0 Å². The number of aromatic nitrogens is 4. The summed E-state index contributed by atoms with van der Waals surface area (Å²) in [6.45, 7) is 2.18. The highest BCUT2D eigenvalue weighted by molar-refractivity contribution is 6.30. The lowest BCUT2D eigenvalue weighted by atomic mass is 9.96. The van der Waals surface area contributed by atoms with E-state index in [-0.39, 0.29) is 11.8 Å². The van der Waals surface area contributed by atoms with Gasteiger partial charge in [-0.05, 0) is 43.0 Å². The SMILES string of the molecule is O=C(NCCc1cccnc1)C1CCN(c2nnc3ccc(Cl)cn23)CC1. The molecule has 0 aromatic carbocycles. The zero-order valence-corrected chi connectivity index (χ0v) is 15.6. The third kappa shape index (κ3) is 4.03. The summed E-state index contributed by atoms with van der Waals surface area (Å²) in [4.78, 5) is 18.7. The van der Waals surface area contributed by atoms with Crippen LogP contribution < -0.4 is 10.2 Å². The number of pyridine rings is 2. The number of anilines is 1. The van der Waals surface area contributed by atoms with Crippen LogP contribution in [0, 0.1) is 5.92 Å². The Morgan fingerprint density at radius 2 is 2.07 bits per heavy atom. The largest absolute Gasteiger partial charge is 0.356 e. The molecule has 1 aliphatic heterocycles. The lowest BCUT2D eigenvalue weighted by molar-refractivity contribution is -0.125. The van der Waals surface area contributed by atoms with Crippen LogP contribution in [0.3, 0.4) is 0 Å². The average molecular weight is 385 g/mol. The second-order valence-corrected chi connectivity index (χ2v) is 7.18. The predicted molar refractivity (Wildman–Crippen MR) is 104 cm³/mol. The first-order valence-corrected chi connectivity index (χ1v) is 9.50. The molecule has 0 bridgehead atoms. The third-order valence-electron chi connectivity index (χ3n) is 4.93. The lowest BCUT2D eigenvalue weighted by Crippen LogP contribution is -2.41. The maximum absolute atomic E-state index is 12.4. The monoisotopic (exact) mass is 384 g/mol. The Morgan fingerprint density at radius 3 is 2.85 bits per heavy atom. The van der Waals surface area contributed by atoms with Crippen molar-refractivity contribution in [2.24, 2.45) is 5.92 Å². The van der Waals surface area contributed by atoms with Gasteiger partial charge >= 0.3 is 0 Å². The minimum Gasteiger partial charge on any atom is -0.356 e. The van der Waals surface area contributed by atoms with Gasteiger partial charge in [-0.1, -0.05) is 17.7 Å². The number of amides is 1. The number of carbonyl (C=O) groups excluding carboxylic acids is 1. The average Bonchev–Trinajstić information content (AvgIpc) is 3.12. The number of hydrogen-bond donors (Lipinski definition) is 1. The number of carbonyl (C=O) groups is 1. The Labute approximate surface area is 162 Å². The highest BCUT2D eigenvalue weighted by Crippen LogP contribution is 2.23. The molecule has 140 valence electrons. The molecule has 1 amide bonds. The molecule has 3 aromatic rings. The van der Waals surface area contributed by atoms with Gasteiger partial charge in [-0.15, -0.1) is 10.2 Å².